The lowest BCUT2D eigenvalue weighted by molar-refractivity contribution is -0.133. The number of aromatic hydroxyl groups is 6. The largest absolute Gasteiger partial charge is 0.508 e. The monoisotopic (exact) mass is 1490 g/mol. The van der Waals surface area contributed by atoms with Crippen molar-refractivity contribution in [1.29, 1.82) is 0 Å². The van der Waals surface area contributed by atoms with E-state index >= 15 is 0 Å². The highest BCUT2D eigenvalue weighted by atomic mass is 127. The fourth-order valence-corrected chi connectivity index (χ4v) is 8.60. The molecule has 0 fully saturated rings. The van der Waals surface area contributed by atoms with E-state index in [0.717, 1.165) is 3.57 Å². The van der Waals surface area contributed by atoms with E-state index in [4.69, 9.17) is 28.8 Å². The summed E-state index contributed by atoms with van der Waals surface area (Å²) in [5.74, 6) is -7.16. The Morgan fingerprint density at radius 2 is 0.736 bits per heavy atom. The number of phenols is 6. The molecule has 0 aliphatic heterocycles. The minimum atomic E-state index is -1.11. The molecule has 0 radical (unpaired) electrons. The van der Waals surface area contributed by atoms with Gasteiger partial charge in [-0.25, -0.2) is 9.59 Å². The quantitative estimate of drug-likeness (QED) is 0.0359. The Morgan fingerprint density at radius 3 is 1.09 bits per heavy atom. The van der Waals surface area contributed by atoms with Crippen molar-refractivity contribution in [3.8, 4) is 80.5 Å². The van der Waals surface area contributed by atoms with Crippen LogP contribution in [0.1, 0.15) is 134 Å². The first-order chi connectivity index (χ1) is 41.8. The average molecular weight is 1500 g/mol. The number of benzene rings is 6. The lowest BCUT2D eigenvalue weighted by Gasteiger charge is -2.27. The number of phenolic OH excluding ortho intramolecular Hbond substituents is 5. The van der Waals surface area contributed by atoms with E-state index in [-0.39, 0.29) is 102 Å². The van der Waals surface area contributed by atoms with Gasteiger partial charge in [0.05, 0.1) is 9.13 Å². The van der Waals surface area contributed by atoms with E-state index in [1.807, 2.05) is 86.7 Å². The van der Waals surface area contributed by atoms with Gasteiger partial charge in [0.15, 0.2) is 34.5 Å². The van der Waals surface area contributed by atoms with E-state index in [1.165, 1.54) is 128 Å². The van der Waals surface area contributed by atoms with Crippen LogP contribution in [0.4, 0.5) is 0 Å². The van der Waals surface area contributed by atoms with Crippen molar-refractivity contribution >= 4 is 105 Å². The third-order valence-electron chi connectivity index (χ3n) is 10.2. The predicted molar refractivity (Wildman–Crippen MR) is 341 cm³/mol. The number of rotatable bonds is 10. The molecular weight excluding hydrogens is 1430 g/mol. The highest BCUT2D eigenvalue weighted by Crippen LogP contribution is 2.41. The predicted octanol–water partition coefficient (Wildman–Crippen LogP) is 11.3. The Morgan fingerprint density at radius 1 is 0.374 bits per heavy atom. The Balaban J connectivity index is 0.000000548. The maximum atomic E-state index is 11.2. The molecule has 0 heterocycles. The molecule has 0 amide bonds. The van der Waals surface area contributed by atoms with Gasteiger partial charge in [-0.05, 0) is 129 Å². The van der Waals surface area contributed by atoms with Crippen LogP contribution in [0.5, 0.6) is 80.5 Å². The first kappa shape index (κ1) is 79.3. The molecule has 26 nitrogen and oxygen atoms in total. The maximum absolute atomic E-state index is 11.2. The number of carboxylic acids is 2. The summed E-state index contributed by atoms with van der Waals surface area (Å²) in [6.07, 6.45) is 0. The van der Waals surface area contributed by atoms with E-state index in [9.17, 15) is 83.7 Å². The van der Waals surface area contributed by atoms with Crippen molar-refractivity contribution in [1.82, 2.24) is 0 Å². The molecule has 0 aliphatic carbocycles. The van der Waals surface area contributed by atoms with Gasteiger partial charge in [0.2, 0.25) is 11.5 Å². The Hall–Kier alpha value is -9.72. The Bertz CT molecular complexity index is 3530. The number of halogens is 2. The van der Waals surface area contributed by atoms with E-state index in [1.54, 1.807) is 25.1 Å². The average Bonchev–Trinajstić information content (AvgIpc) is 0.896. The number of hydrogen-bond donors (Lipinski definition) is 8. The van der Waals surface area contributed by atoms with Crippen LogP contribution in [0.25, 0.3) is 0 Å². The first-order valence-electron chi connectivity index (χ1n) is 26.2. The number of para-hydroxylation sites is 1. The van der Waals surface area contributed by atoms with Gasteiger partial charge in [-0.15, -0.1) is 0 Å². The molecule has 8 N–H and O–H groups in total. The van der Waals surface area contributed by atoms with E-state index in [2.05, 4.69) is 14.2 Å². The Labute approximate surface area is 549 Å². The smallest absolute Gasteiger partial charge is 0.339 e. The molecule has 6 rings (SSSR count). The van der Waals surface area contributed by atoms with Crippen molar-refractivity contribution in [3.05, 3.63) is 126 Å². The lowest BCUT2D eigenvalue weighted by Crippen LogP contribution is -2.18. The summed E-state index contributed by atoms with van der Waals surface area (Å²) < 4.78 is 39.1. The zero-order chi connectivity index (χ0) is 70.2. The molecule has 0 saturated carbocycles. The SMILES string of the molecule is CC(=O)Oc1cc(C)cc(OC(C)=O)c1O.CC(=O)Oc1cc(O)cc(OC(C)=O)c1.CC(=O)Oc1ccc(OC(C)=O)c(O)c1.CC(=O)Oc1cccc(OC(C)=O)c1O.CC(C)(C)c1cc(C(=O)O)cc(C(C)(C)C)c1O.O=C(O)c1cc(I)cc(I)c1O. The second-order valence-corrected chi connectivity index (χ2v) is 23.0. The normalized spacial score (nSPS) is 10.2. The first-order valence-corrected chi connectivity index (χ1v) is 28.3. The topological polar surface area (TPSA) is 406 Å². The molecule has 0 aliphatic rings. The third-order valence-corrected chi connectivity index (χ3v) is 11.7. The van der Waals surface area contributed by atoms with Crippen molar-refractivity contribution < 1.29 is 127 Å². The van der Waals surface area contributed by atoms with Gasteiger partial charge in [-0.1, -0.05) is 47.6 Å². The summed E-state index contributed by atoms with van der Waals surface area (Å²) in [5.41, 5.74) is 1.63. The highest BCUT2D eigenvalue weighted by molar-refractivity contribution is 14.1. The van der Waals surface area contributed by atoms with Crippen LogP contribution < -0.4 is 37.9 Å². The Kier molecular flexibility index (Phi) is 31.4. The van der Waals surface area contributed by atoms with Gasteiger partial charge >= 0.3 is 59.7 Å². The number of aromatic carboxylic acids is 2. The molecule has 6 aromatic carbocycles. The summed E-state index contributed by atoms with van der Waals surface area (Å²) in [7, 11) is 0. The van der Waals surface area contributed by atoms with Crippen molar-refractivity contribution in [2.24, 2.45) is 0 Å². The van der Waals surface area contributed by atoms with Gasteiger partial charge in [-0.3, -0.25) is 38.4 Å². The molecule has 6 aromatic rings. The molecule has 0 saturated heterocycles. The second-order valence-electron chi connectivity index (χ2n) is 20.6. The molecule has 0 spiro atoms. The van der Waals surface area contributed by atoms with Gasteiger partial charge < -0.3 is 78.7 Å². The zero-order valence-corrected chi connectivity index (χ0v) is 56.2. The van der Waals surface area contributed by atoms with Crippen molar-refractivity contribution in [3.63, 3.8) is 0 Å². The van der Waals surface area contributed by atoms with Gasteiger partial charge in [0.1, 0.15) is 40.1 Å². The van der Waals surface area contributed by atoms with Crippen molar-refractivity contribution in [2.75, 3.05) is 0 Å². The molecule has 0 bridgehead atoms. The fourth-order valence-electron chi connectivity index (χ4n) is 6.76. The number of aryl methyl sites for hydroxylation is 1. The van der Waals surface area contributed by atoms with E-state index < -0.39 is 59.7 Å². The van der Waals surface area contributed by atoms with Crippen LogP contribution in [0, 0.1) is 14.1 Å². The summed E-state index contributed by atoms with van der Waals surface area (Å²) >= 11 is 3.89. The van der Waals surface area contributed by atoms with Gasteiger partial charge in [0.25, 0.3) is 0 Å². The minimum Gasteiger partial charge on any atom is -0.508 e. The minimum absolute atomic E-state index is 0.0243. The summed E-state index contributed by atoms with van der Waals surface area (Å²) in [6, 6.07) is 21.3. The van der Waals surface area contributed by atoms with Gasteiger partial charge in [0, 0.05) is 94.4 Å². The van der Waals surface area contributed by atoms with E-state index in [0.29, 0.717) is 20.3 Å². The van der Waals surface area contributed by atoms with Gasteiger partial charge in [-0.2, -0.15) is 0 Å². The number of carbonyl (C=O) groups excluding carboxylic acids is 8. The molecule has 490 valence electrons. The molecule has 91 heavy (non-hydrogen) atoms. The van der Waals surface area contributed by atoms with Crippen LogP contribution >= 0.6 is 45.2 Å². The van der Waals surface area contributed by atoms with Crippen LogP contribution in [0.3, 0.4) is 0 Å². The molecule has 0 atom stereocenters. The zero-order valence-electron chi connectivity index (χ0n) is 51.8. The van der Waals surface area contributed by atoms with Crippen molar-refractivity contribution in [2.45, 2.75) is 115 Å². The number of carboxylic acid groups (broad SMARTS) is 2. The second kappa shape index (κ2) is 36.1. The van der Waals surface area contributed by atoms with Crippen LogP contribution in [-0.4, -0.2) is 101 Å². The highest BCUT2D eigenvalue weighted by Gasteiger charge is 2.28. The molecule has 0 aromatic heterocycles. The summed E-state index contributed by atoms with van der Waals surface area (Å²) in [6.45, 7) is 23.2. The summed E-state index contributed by atoms with van der Waals surface area (Å²) in [5, 5.41) is 75.3. The van der Waals surface area contributed by atoms with Crippen LogP contribution in [0.2, 0.25) is 0 Å². The van der Waals surface area contributed by atoms with Crippen LogP contribution in [-0.2, 0) is 49.2 Å². The number of hydrogen-bond acceptors (Lipinski definition) is 24. The molecule has 0 unspecified atom stereocenters. The van der Waals surface area contributed by atoms with Crippen LogP contribution in [0.15, 0.2) is 91.0 Å². The molecule has 28 heteroatoms. The fraction of sp³-hybridized carbons (Fsp3) is 0.270. The summed E-state index contributed by atoms with van der Waals surface area (Å²) in [4.78, 5) is 107. The lowest BCUT2D eigenvalue weighted by atomic mass is 9.78. The third kappa shape index (κ3) is 29.4. The standard InChI is InChI=1S/C15H22O3.C11H12O5.3C10H10O5.C7H4I2O3/c1-14(2,3)10-7-9(13(17)18)8-11(12(10)16)15(4,5)6;1-6-4-9(15-7(2)12)11(14)10(5-6)16-8(3)13;1-6(11)14-9-3-8(13)4-10(5-9)15-7(2)12;1-6(11)14-8-3-4-10(9(13)5-8)15-7(2)12;1-6(11)14-8-4-3-5-9(10(8)13)15-7(2)12;8-3-1-4(7(11)12)6(10)5(9)2-3/h7-8,16H,1-6H3,(H,17,18);4-5,14H,1-3H3;3*3-5,13H,1-2H3;1-2,10H,(H,11,12). The maximum Gasteiger partial charge on any atom is 0.339 e. The number of esters is 8. The number of carbonyl (C=O) groups is 10. The molecular formula is C63H68I2O26. The number of ether oxygens (including phenoxy) is 8.